The van der Waals surface area contributed by atoms with Gasteiger partial charge in [-0.3, -0.25) is 4.79 Å². The van der Waals surface area contributed by atoms with E-state index < -0.39 is 0 Å². The van der Waals surface area contributed by atoms with E-state index in [1.807, 2.05) is 26.0 Å². The van der Waals surface area contributed by atoms with Gasteiger partial charge in [-0.25, -0.2) is 5.43 Å². The minimum atomic E-state index is -0.344. The van der Waals surface area contributed by atoms with Crippen LogP contribution < -0.4 is 10.2 Å². The Morgan fingerprint density at radius 1 is 1.32 bits per heavy atom. The summed E-state index contributed by atoms with van der Waals surface area (Å²) in [5.41, 5.74) is 4.31. The van der Waals surface area contributed by atoms with Crippen molar-refractivity contribution in [3.05, 3.63) is 50.3 Å². The number of aryl methyl sites for hydroxylation is 2. The Balaban J connectivity index is 1.87. The highest BCUT2D eigenvalue weighted by molar-refractivity contribution is 9.10. The molecule has 116 valence electrons. The molecule has 2 aromatic rings. The van der Waals surface area contributed by atoms with Crippen LogP contribution in [0.4, 0.5) is 0 Å². The fourth-order valence-electron chi connectivity index (χ4n) is 1.86. The highest BCUT2D eigenvalue weighted by Gasteiger charge is 2.08. The van der Waals surface area contributed by atoms with Crippen LogP contribution >= 0.6 is 31.9 Å². The van der Waals surface area contributed by atoms with E-state index in [9.17, 15) is 4.79 Å². The Kier molecular flexibility index (Phi) is 5.79. The molecule has 0 aliphatic rings. The van der Waals surface area contributed by atoms with Gasteiger partial charge in [0.2, 0.25) is 0 Å². The lowest BCUT2D eigenvalue weighted by atomic mass is 10.1. The van der Waals surface area contributed by atoms with E-state index in [1.165, 1.54) is 6.21 Å². The van der Waals surface area contributed by atoms with Crippen LogP contribution in [0, 0.1) is 13.8 Å². The minimum absolute atomic E-state index is 0.109. The number of carbonyl (C=O) groups is 1. The lowest BCUT2D eigenvalue weighted by Crippen LogP contribution is -2.25. The van der Waals surface area contributed by atoms with Gasteiger partial charge in [-0.15, -0.1) is 0 Å². The van der Waals surface area contributed by atoms with Crippen LogP contribution in [0.25, 0.3) is 0 Å². The van der Waals surface area contributed by atoms with E-state index in [0.29, 0.717) is 16.2 Å². The zero-order valence-electron chi connectivity index (χ0n) is 12.0. The molecule has 1 N–H and O–H groups in total. The number of nitrogens with zero attached hydrogens (tertiary/aromatic N) is 1. The standard InChI is InChI=1S/C15H14Br2N2O3/c1-9-5-11(16)6-10(2)15(9)21-8-14(20)19-18-7-12-3-4-13(17)22-12/h3-7H,8H2,1-2H3,(H,19,20)/b18-7+. The number of benzene rings is 1. The predicted molar refractivity (Wildman–Crippen MR) is 91.3 cm³/mol. The molecule has 7 heteroatoms. The number of halogens is 2. The molecule has 5 nitrogen and oxygen atoms in total. The number of nitrogens with one attached hydrogen (secondary N) is 1. The second-order valence-corrected chi connectivity index (χ2v) is 6.29. The molecule has 0 unspecified atom stereocenters. The van der Waals surface area contributed by atoms with Crippen molar-refractivity contribution in [1.29, 1.82) is 0 Å². The summed E-state index contributed by atoms with van der Waals surface area (Å²) in [5, 5.41) is 3.80. The van der Waals surface area contributed by atoms with Crippen molar-refractivity contribution in [3.63, 3.8) is 0 Å². The zero-order valence-corrected chi connectivity index (χ0v) is 15.2. The number of ether oxygens (including phenoxy) is 1. The molecule has 0 aliphatic heterocycles. The van der Waals surface area contributed by atoms with Crippen LogP contribution in [0.15, 0.2) is 42.9 Å². The molecule has 0 spiro atoms. The summed E-state index contributed by atoms with van der Waals surface area (Å²) in [7, 11) is 0. The van der Waals surface area contributed by atoms with E-state index in [4.69, 9.17) is 9.15 Å². The number of hydrogen-bond donors (Lipinski definition) is 1. The van der Waals surface area contributed by atoms with Crippen LogP contribution in [0.1, 0.15) is 16.9 Å². The Labute approximate surface area is 145 Å². The Morgan fingerprint density at radius 2 is 2.00 bits per heavy atom. The molecule has 22 heavy (non-hydrogen) atoms. The molecule has 0 atom stereocenters. The molecule has 1 amide bonds. The topological polar surface area (TPSA) is 63.8 Å². The zero-order chi connectivity index (χ0) is 16.1. The summed E-state index contributed by atoms with van der Waals surface area (Å²) in [6, 6.07) is 7.34. The minimum Gasteiger partial charge on any atom is -0.483 e. The van der Waals surface area contributed by atoms with Crippen molar-refractivity contribution in [3.8, 4) is 5.75 Å². The van der Waals surface area contributed by atoms with E-state index in [1.54, 1.807) is 12.1 Å². The molecule has 0 saturated heterocycles. The Bertz CT molecular complexity index is 688. The first-order valence-electron chi connectivity index (χ1n) is 6.42. The van der Waals surface area contributed by atoms with Gasteiger partial charge < -0.3 is 9.15 Å². The molecule has 1 heterocycles. The second-order valence-electron chi connectivity index (χ2n) is 4.59. The van der Waals surface area contributed by atoms with Crippen LogP contribution in [-0.2, 0) is 4.79 Å². The Hall–Kier alpha value is -1.60. The summed E-state index contributed by atoms with van der Waals surface area (Å²) in [5.74, 6) is 0.897. The molecule has 0 bridgehead atoms. The van der Waals surface area contributed by atoms with Gasteiger partial charge in [-0.1, -0.05) is 15.9 Å². The van der Waals surface area contributed by atoms with Crippen molar-refractivity contribution < 1.29 is 13.9 Å². The first kappa shape index (κ1) is 16.8. The van der Waals surface area contributed by atoms with E-state index in [0.717, 1.165) is 15.6 Å². The largest absolute Gasteiger partial charge is 0.483 e. The maximum absolute atomic E-state index is 11.7. The summed E-state index contributed by atoms with van der Waals surface area (Å²) in [6.45, 7) is 3.75. The molecule has 1 aromatic heterocycles. The molecule has 2 rings (SSSR count). The number of furan rings is 1. The quantitative estimate of drug-likeness (QED) is 0.578. The highest BCUT2D eigenvalue weighted by atomic mass is 79.9. The van der Waals surface area contributed by atoms with Crippen molar-refractivity contribution >= 4 is 44.0 Å². The third-order valence-corrected chi connectivity index (χ3v) is 3.63. The van der Waals surface area contributed by atoms with Gasteiger partial charge in [0.15, 0.2) is 11.3 Å². The van der Waals surface area contributed by atoms with Crippen molar-refractivity contribution in [1.82, 2.24) is 5.43 Å². The van der Waals surface area contributed by atoms with Crippen molar-refractivity contribution in [2.24, 2.45) is 5.10 Å². The third kappa shape index (κ3) is 4.71. The van der Waals surface area contributed by atoms with Crippen LogP contribution in [0.3, 0.4) is 0 Å². The smallest absolute Gasteiger partial charge is 0.277 e. The van der Waals surface area contributed by atoms with E-state index in [2.05, 4.69) is 42.4 Å². The van der Waals surface area contributed by atoms with Gasteiger partial charge in [-0.05, 0) is 65.2 Å². The van der Waals surface area contributed by atoms with Gasteiger partial charge in [0.25, 0.3) is 5.91 Å². The maximum atomic E-state index is 11.7. The van der Waals surface area contributed by atoms with Crippen molar-refractivity contribution in [2.75, 3.05) is 6.61 Å². The summed E-state index contributed by atoms with van der Waals surface area (Å²) >= 11 is 6.60. The lowest BCUT2D eigenvalue weighted by molar-refractivity contribution is -0.123. The van der Waals surface area contributed by atoms with Gasteiger partial charge >= 0.3 is 0 Å². The highest BCUT2D eigenvalue weighted by Crippen LogP contribution is 2.27. The first-order chi connectivity index (χ1) is 10.5. The van der Waals surface area contributed by atoms with Crippen LogP contribution in [0.2, 0.25) is 0 Å². The number of carbonyl (C=O) groups excluding carboxylic acids is 1. The summed E-state index contributed by atoms with van der Waals surface area (Å²) < 4.78 is 12.4. The first-order valence-corrected chi connectivity index (χ1v) is 8.01. The van der Waals surface area contributed by atoms with Crippen molar-refractivity contribution in [2.45, 2.75) is 13.8 Å². The Morgan fingerprint density at radius 3 is 2.59 bits per heavy atom. The maximum Gasteiger partial charge on any atom is 0.277 e. The summed E-state index contributed by atoms with van der Waals surface area (Å²) in [6.07, 6.45) is 1.42. The lowest BCUT2D eigenvalue weighted by Gasteiger charge is -2.11. The molecule has 1 aromatic carbocycles. The molecular weight excluding hydrogens is 416 g/mol. The third-order valence-electron chi connectivity index (χ3n) is 2.75. The second kappa shape index (κ2) is 7.60. The normalized spacial score (nSPS) is 10.9. The molecular formula is C15H14Br2N2O3. The molecule has 0 saturated carbocycles. The fourth-order valence-corrected chi connectivity index (χ4v) is 2.87. The summed E-state index contributed by atoms with van der Waals surface area (Å²) in [4.78, 5) is 11.7. The predicted octanol–water partition coefficient (Wildman–Crippen LogP) is 3.95. The molecule has 0 radical (unpaired) electrons. The van der Waals surface area contributed by atoms with Gasteiger partial charge in [0.05, 0.1) is 6.21 Å². The average Bonchev–Trinajstić information content (AvgIpc) is 2.83. The van der Waals surface area contributed by atoms with E-state index >= 15 is 0 Å². The van der Waals surface area contributed by atoms with Gasteiger partial charge in [0.1, 0.15) is 11.5 Å². The van der Waals surface area contributed by atoms with Gasteiger partial charge in [-0.2, -0.15) is 5.10 Å². The number of hydrogen-bond acceptors (Lipinski definition) is 4. The average molecular weight is 430 g/mol. The number of hydrazone groups is 1. The van der Waals surface area contributed by atoms with Crippen LogP contribution in [-0.4, -0.2) is 18.7 Å². The molecule has 0 fully saturated rings. The fraction of sp³-hybridized carbons (Fsp3) is 0.200. The number of amides is 1. The van der Waals surface area contributed by atoms with E-state index in [-0.39, 0.29) is 12.5 Å². The number of rotatable bonds is 5. The molecule has 0 aliphatic carbocycles. The monoisotopic (exact) mass is 428 g/mol. The van der Waals surface area contributed by atoms with Gasteiger partial charge in [0, 0.05) is 4.47 Å². The SMILES string of the molecule is Cc1cc(Br)cc(C)c1OCC(=O)N/N=C/c1ccc(Br)o1. The van der Waals surface area contributed by atoms with Crippen LogP contribution in [0.5, 0.6) is 5.75 Å².